The molecule has 0 bridgehead atoms. The SMILES string of the molecule is CC(CNC1CC1)CN1C(=O)C(=O)c2c(F)ccc(F)c21. The molecule has 1 amide bonds. The molecular weight excluding hydrogens is 278 g/mol. The molecule has 1 atom stereocenters. The Kier molecular flexibility index (Phi) is 3.49. The van der Waals surface area contributed by atoms with Gasteiger partial charge in [-0.2, -0.15) is 0 Å². The number of nitrogens with one attached hydrogen (secondary N) is 1. The van der Waals surface area contributed by atoms with E-state index < -0.39 is 28.9 Å². The molecule has 3 rings (SSSR count). The summed E-state index contributed by atoms with van der Waals surface area (Å²) in [7, 11) is 0. The van der Waals surface area contributed by atoms with Gasteiger partial charge in [0.15, 0.2) is 0 Å². The minimum absolute atomic E-state index is 0.0379. The first-order valence-electron chi connectivity index (χ1n) is 7.06. The smallest absolute Gasteiger partial charge is 0.299 e. The summed E-state index contributed by atoms with van der Waals surface area (Å²) >= 11 is 0. The molecule has 1 heterocycles. The van der Waals surface area contributed by atoms with Gasteiger partial charge < -0.3 is 10.2 Å². The van der Waals surface area contributed by atoms with E-state index in [1.807, 2.05) is 6.92 Å². The first-order chi connectivity index (χ1) is 9.99. The summed E-state index contributed by atoms with van der Waals surface area (Å²) in [6.45, 7) is 2.77. The molecule has 1 unspecified atom stereocenters. The quantitative estimate of drug-likeness (QED) is 0.844. The molecule has 6 heteroatoms. The third kappa shape index (κ3) is 2.55. The van der Waals surface area contributed by atoms with Crippen LogP contribution in [0.2, 0.25) is 0 Å². The summed E-state index contributed by atoms with van der Waals surface area (Å²) in [5, 5.41) is 3.32. The van der Waals surface area contributed by atoms with E-state index in [1.54, 1.807) is 0 Å². The Morgan fingerprint density at radius 3 is 2.62 bits per heavy atom. The van der Waals surface area contributed by atoms with Gasteiger partial charge in [-0.05, 0) is 37.4 Å². The van der Waals surface area contributed by atoms with E-state index in [4.69, 9.17) is 0 Å². The Balaban J connectivity index is 1.81. The predicted molar refractivity (Wildman–Crippen MR) is 73.2 cm³/mol. The van der Waals surface area contributed by atoms with Crippen molar-refractivity contribution in [1.82, 2.24) is 5.32 Å². The van der Waals surface area contributed by atoms with Crippen molar-refractivity contribution in [3.63, 3.8) is 0 Å². The van der Waals surface area contributed by atoms with Crippen LogP contribution in [0.25, 0.3) is 0 Å². The number of hydrogen-bond acceptors (Lipinski definition) is 3. The van der Waals surface area contributed by atoms with Crippen LogP contribution in [0.1, 0.15) is 30.1 Å². The number of hydrogen-bond donors (Lipinski definition) is 1. The number of carbonyl (C=O) groups excluding carboxylic acids is 2. The lowest BCUT2D eigenvalue weighted by Gasteiger charge is -2.22. The molecule has 0 aromatic heterocycles. The van der Waals surface area contributed by atoms with Crippen LogP contribution in [0.3, 0.4) is 0 Å². The molecule has 1 aromatic rings. The number of benzene rings is 1. The van der Waals surface area contributed by atoms with Crippen LogP contribution in [0.15, 0.2) is 12.1 Å². The van der Waals surface area contributed by atoms with Gasteiger partial charge in [-0.25, -0.2) is 8.78 Å². The first-order valence-corrected chi connectivity index (χ1v) is 7.06. The lowest BCUT2D eigenvalue weighted by molar-refractivity contribution is -0.114. The Labute approximate surface area is 121 Å². The molecular formula is C15H16F2N2O2. The number of halogens is 2. The first kappa shape index (κ1) is 14.1. The number of amides is 1. The van der Waals surface area contributed by atoms with Crippen LogP contribution in [-0.2, 0) is 4.79 Å². The standard InChI is InChI=1S/C15H16F2N2O2/c1-8(6-18-9-2-3-9)7-19-13-11(17)5-4-10(16)12(13)14(20)15(19)21/h4-5,8-9,18H,2-3,6-7H2,1H3. The van der Waals surface area contributed by atoms with Crippen molar-refractivity contribution in [1.29, 1.82) is 0 Å². The Bertz CT molecular complexity index is 614. The van der Waals surface area contributed by atoms with Crippen molar-refractivity contribution in [2.45, 2.75) is 25.8 Å². The van der Waals surface area contributed by atoms with Crippen LogP contribution in [0.4, 0.5) is 14.5 Å². The highest BCUT2D eigenvalue weighted by atomic mass is 19.1. The van der Waals surface area contributed by atoms with Crippen molar-refractivity contribution in [2.75, 3.05) is 18.0 Å². The molecule has 21 heavy (non-hydrogen) atoms. The predicted octanol–water partition coefficient (Wildman–Crippen LogP) is 1.88. The molecule has 1 aliphatic carbocycles. The Morgan fingerprint density at radius 2 is 1.95 bits per heavy atom. The molecule has 1 aliphatic heterocycles. The minimum Gasteiger partial charge on any atom is -0.314 e. The molecule has 1 saturated carbocycles. The van der Waals surface area contributed by atoms with E-state index in [9.17, 15) is 18.4 Å². The maximum Gasteiger partial charge on any atom is 0.299 e. The number of ketones is 1. The second kappa shape index (κ2) is 5.18. The van der Waals surface area contributed by atoms with Gasteiger partial charge in [-0.15, -0.1) is 0 Å². The zero-order chi connectivity index (χ0) is 15.1. The minimum atomic E-state index is -0.968. The van der Waals surface area contributed by atoms with E-state index in [-0.39, 0.29) is 18.2 Å². The molecule has 1 N–H and O–H groups in total. The van der Waals surface area contributed by atoms with E-state index in [0.29, 0.717) is 12.6 Å². The highest BCUT2D eigenvalue weighted by Gasteiger charge is 2.40. The van der Waals surface area contributed by atoms with E-state index in [1.165, 1.54) is 0 Å². The van der Waals surface area contributed by atoms with Gasteiger partial charge in [0.25, 0.3) is 11.7 Å². The molecule has 0 radical (unpaired) electrons. The van der Waals surface area contributed by atoms with Gasteiger partial charge >= 0.3 is 0 Å². The third-order valence-corrected chi connectivity index (χ3v) is 3.84. The van der Waals surface area contributed by atoms with Crippen LogP contribution in [0.5, 0.6) is 0 Å². The van der Waals surface area contributed by atoms with Gasteiger partial charge in [0.05, 0.1) is 11.3 Å². The van der Waals surface area contributed by atoms with Crippen LogP contribution >= 0.6 is 0 Å². The molecule has 0 saturated heterocycles. The van der Waals surface area contributed by atoms with Gasteiger partial charge in [0.1, 0.15) is 11.6 Å². The Morgan fingerprint density at radius 1 is 1.29 bits per heavy atom. The van der Waals surface area contributed by atoms with Crippen molar-refractivity contribution >= 4 is 17.4 Å². The number of anilines is 1. The summed E-state index contributed by atoms with van der Waals surface area (Å²) < 4.78 is 27.6. The van der Waals surface area contributed by atoms with E-state index in [0.717, 1.165) is 29.9 Å². The number of rotatable bonds is 5. The lowest BCUT2D eigenvalue weighted by Crippen LogP contribution is -2.37. The summed E-state index contributed by atoms with van der Waals surface area (Å²) in [5.41, 5.74) is -0.661. The van der Waals surface area contributed by atoms with Gasteiger partial charge in [0.2, 0.25) is 0 Å². The molecule has 112 valence electrons. The number of nitrogens with zero attached hydrogens (tertiary/aromatic N) is 1. The molecule has 0 spiro atoms. The van der Waals surface area contributed by atoms with Crippen molar-refractivity contribution in [2.24, 2.45) is 5.92 Å². The normalized spacial score (nSPS) is 19.1. The van der Waals surface area contributed by atoms with Crippen molar-refractivity contribution in [3.05, 3.63) is 29.3 Å². The van der Waals surface area contributed by atoms with Gasteiger partial charge in [-0.3, -0.25) is 9.59 Å². The molecule has 1 fully saturated rings. The average Bonchev–Trinajstić information content (AvgIpc) is 3.24. The summed E-state index contributed by atoms with van der Waals surface area (Å²) in [6.07, 6.45) is 2.30. The van der Waals surface area contributed by atoms with Crippen molar-refractivity contribution < 1.29 is 18.4 Å². The lowest BCUT2D eigenvalue weighted by atomic mass is 10.1. The third-order valence-electron chi connectivity index (χ3n) is 3.84. The number of carbonyl (C=O) groups is 2. The maximum atomic E-state index is 13.9. The monoisotopic (exact) mass is 294 g/mol. The summed E-state index contributed by atoms with van der Waals surface area (Å²) in [6, 6.07) is 2.35. The average molecular weight is 294 g/mol. The summed E-state index contributed by atoms with van der Waals surface area (Å²) in [4.78, 5) is 24.9. The topological polar surface area (TPSA) is 49.4 Å². The largest absolute Gasteiger partial charge is 0.314 e. The number of Topliss-reactive ketones (excluding diaryl/α,β-unsaturated/α-hetero) is 1. The highest BCUT2D eigenvalue weighted by molar-refractivity contribution is 6.52. The molecule has 1 aromatic carbocycles. The Hall–Kier alpha value is -1.82. The fourth-order valence-electron chi connectivity index (χ4n) is 2.56. The summed E-state index contributed by atoms with van der Waals surface area (Å²) in [5.74, 6) is -3.38. The van der Waals surface area contributed by atoms with E-state index >= 15 is 0 Å². The number of fused-ring (bicyclic) bond motifs is 1. The second-order valence-corrected chi connectivity index (χ2v) is 5.79. The molecule has 4 nitrogen and oxygen atoms in total. The fraction of sp³-hybridized carbons (Fsp3) is 0.467. The van der Waals surface area contributed by atoms with Crippen LogP contribution < -0.4 is 10.2 Å². The van der Waals surface area contributed by atoms with Gasteiger partial charge in [0, 0.05) is 12.6 Å². The van der Waals surface area contributed by atoms with Crippen LogP contribution in [-0.4, -0.2) is 30.8 Å². The zero-order valence-electron chi connectivity index (χ0n) is 11.7. The van der Waals surface area contributed by atoms with Gasteiger partial charge in [-0.1, -0.05) is 6.92 Å². The van der Waals surface area contributed by atoms with E-state index in [2.05, 4.69) is 5.32 Å². The van der Waals surface area contributed by atoms with Crippen molar-refractivity contribution in [3.8, 4) is 0 Å². The fourth-order valence-corrected chi connectivity index (χ4v) is 2.56. The zero-order valence-corrected chi connectivity index (χ0v) is 11.7. The maximum absolute atomic E-state index is 13.9. The highest BCUT2D eigenvalue weighted by Crippen LogP contribution is 2.34. The molecule has 2 aliphatic rings. The van der Waals surface area contributed by atoms with Crippen LogP contribution in [0, 0.1) is 17.6 Å². The second-order valence-electron chi connectivity index (χ2n) is 5.79.